The quantitative estimate of drug-likeness (QED) is 0.470. The summed E-state index contributed by atoms with van der Waals surface area (Å²) in [5, 5.41) is 17.8. The molecule has 0 saturated heterocycles. The molecule has 2 rings (SSSR count). The SMILES string of the molecule is CCOc1ccc(NC(=S)Nc2ccc(Cl)cc2)c([N+](=O)[O-])c1. The molecule has 0 unspecified atom stereocenters. The summed E-state index contributed by atoms with van der Waals surface area (Å²) in [6.07, 6.45) is 0. The lowest BCUT2D eigenvalue weighted by Gasteiger charge is -2.12. The smallest absolute Gasteiger partial charge is 0.296 e. The average Bonchev–Trinajstić information content (AvgIpc) is 2.51. The van der Waals surface area contributed by atoms with E-state index in [1.165, 1.54) is 6.07 Å². The highest BCUT2D eigenvalue weighted by Crippen LogP contribution is 2.29. The molecular formula is C15H14ClN3O3S. The molecule has 6 nitrogen and oxygen atoms in total. The number of nitro groups is 1. The molecule has 0 atom stereocenters. The molecule has 0 spiro atoms. The molecule has 2 aromatic carbocycles. The third kappa shape index (κ3) is 4.80. The van der Waals surface area contributed by atoms with Crippen LogP contribution in [0.1, 0.15) is 6.92 Å². The molecule has 8 heteroatoms. The van der Waals surface area contributed by atoms with Crippen LogP contribution in [-0.4, -0.2) is 16.6 Å². The van der Waals surface area contributed by atoms with Crippen LogP contribution in [0, 0.1) is 10.1 Å². The summed E-state index contributed by atoms with van der Waals surface area (Å²) >= 11 is 11.0. The number of thiocarbonyl (C=S) groups is 1. The van der Waals surface area contributed by atoms with Crippen molar-refractivity contribution in [2.45, 2.75) is 6.92 Å². The molecule has 0 aliphatic heterocycles. The van der Waals surface area contributed by atoms with Crippen LogP contribution in [0.4, 0.5) is 17.1 Å². The van der Waals surface area contributed by atoms with E-state index in [0.717, 1.165) is 5.69 Å². The Morgan fingerprint density at radius 3 is 2.57 bits per heavy atom. The molecule has 0 amide bonds. The minimum absolute atomic E-state index is 0.115. The Hall–Kier alpha value is -2.38. The van der Waals surface area contributed by atoms with Gasteiger partial charge < -0.3 is 15.4 Å². The lowest BCUT2D eigenvalue weighted by molar-refractivity contribution is -0.384. The highest BCUT2D eigenvalue weighted by atomic mass is 35.5. The Bertz CT molecular complexity index is 722. The standard InChI is InChI=1S/C15H14ClN3O3S/c1-2-22-12-7-8-13(14(9-12)19(20)21)18-15(23)17-11-5-3-10(16)4-6-11/h3-9H,2H2,1H3,(H2,17,18,23). The van der Waals surface area contributed by atoms with Crippen LogP contribution in [0.15, 0.2) is 42.5 Å². The zero-order chi connectivity index (χ0) is 16.8. The van der Waals surface area contributed by atoms with E-state index in [1.54, 1.807) is 36.4 Å². The van der Waals surface area contributed by atoms with Crippen molar-refractivity contribution in [1.82, 2.24) is 0 Å². The molecule has 120 valence electrons. The van der Waals surface area contributed by atoms with Gasteiger partial charge in [0.2, 0.25) is 0 Å². The Morgan fingerprint density at radius 2 is 1.96 bits per heavy atom. The highest BCUT2D eigenvalue weighted by molar-refractivity contribution is 7.80. The molecule has 0 radical (unpaired) electrons. The number of nitro benzene ring substituents is 1. The first-order valence-electron chi connectivity index (χ1n) is 6.74. The molecule has 0 fully saturated rings. The monoisotopic (exact) mass is 351 g/mol. The predicted molar refractivity (Wildman–Crippen MR) is 95.6 cm³/mol. The zero-order valence-corrected chi connectivity index (χ0v) is 13.8. The van der Waals surface area contributed by atoms with E-state index in [2.05, 4.69) is 10.6 Å². The first-order chi connectivity index (χ1) is 11.0. The van der Waals surface area contributed by atoms with Crippen molar-refractivity contribution in [3.05, 3.63) is 57.6 Å². The zero-order valence-electron chi connectivity index (χ0n) is 12.2. The van der Waals surface area contributed by atoms with Crippen molar-refractivity contribution in [1.29, 1.82) is 0 Å². The van der Waals surface area contributed by atoms with E-state index < -0.39 is 4.92 Å². The van der Waals surface area contributed by atoms with Gasteiger partial charge in [0.1, 0.15) is 11.4 Å². The molecule has 0 aliphatic carbocycles. The Kier molecular flexibility index (Phi) is 5.72. The summed E-state index contributed by atoms with van der Waals surface area (Å²) in [5.41, 5.74) is 0.890. The molecule has 0 heterocycles. The van der Waals surface area contributed by atoms with Crippen LogP contribution in [0.2, 0.25) is 5.02 Å². The van der Waals surface area contributed by atoms with Gasteiger partial charge in [-0.15, -0.1) is 0 Å². The maximum Gasteiger partial charge on any atom is 0.296 e. The van der Waals surface area contributed by atoms with Gasteiger partial charge in [0.05, 0.1) is 17.6 Å². The predicted octanol–water partition coefficient (Wildman–Crippen LogP) is 4.46. The van der Waals surface area contributed by atoms with Crippen molar-refractivity contribution in [3.8, 4) is 5.75 Å². The summed E-state index contributed by atoms with van der Waals surface area (Å²) in [6, 6.07) is 11.5. The maximum absolute atomic E-state index is 11.2. The van der Waals surface area contributed by atoms with E-state index in [4.69, 9.17) is 28.6 Å². The van der Waals surface area contributed by atoms with Crippen LogP contribution in [0.5, 0.6) is 5.75 Å². The lowest BCUT2D eigenvalue weighted by Crippen LogP contribution is -2.19. The van der Waals surface area contributed by atoms with Crippen LogP contribution in [0.25, 0.3) is 0 Å². The van der Waals surface area contributed by atoms with Crippen LogP contribution >= 0.6 is 23.8 Å². The fourth-order valence-electron chi connectivity index (χ4n) is 1.84. The van der Waals surface area contributed by atoms with Crippen molar-refractivity contribution >= 4 is 46.0 Å². The normalized spacial score (nSPS) is 10.0. The van der Waals surface area contributed by atoms with Gasteiger partial charge in [0.25, 0.3) is 5.69 Å². The van der Waals surface area contributed by atoms with Gasteiger partial charge in [-0.3, -0.25) is 10.1 Å². The number of hydrogen-bond acceptors (Lipinski definition) is 4. The molecule has 23 heavy (non-hydrogen) atoms. The fourth-order valence-corrected chi connectivity index (χ4v) is 2.20. The topological polar surface area (TPSA) is 76.4 Å². The van der Waals surface area contributed by atoms with Crippen molar-refractivity contribution in [2.75, 3.05) is 17.2 Å². The van der Waals surface area contributed by atoms with Crippen molar-refractivity contribution in [3.63, 3.8) is 0 Å². The number of halogens is 1. The largest absolute Gasteiger partial charge is 0.494 e. The van der Waals surface area contributed by atoms with Gasteiger partial charge in [-0.25, -0.2) is 0 Å². The van der Waals surface area contributed by atoms with Crippen LogP contribution in [0.3, 0.4) is 0 Å². The third-order valence-electron chi connectivity index (χ3n) is 2.83. The minimum Gasteiger partial charge on any atom is -0.494 e. The number of rotatable bonds is 5. The molecule has 2 N–H and O–H groups in total. The Labute approximate surface area is 143 Å². The third-order valence-corrected chi connectivity index (χ3v) is 3.28. The number of anilines is 2. The molecule has 0 bridgehead atoms. The second-order valence-corrected chi connectivity index (χ2v) is 5.30. The van der Waals surface area contributed by atoms with Crippen molar-refractivity contribution in [2.24, 2.45) is 0 Å². The van der Waals surface area contributed by atoms with Crippen molar-refractivity contribution < 1.29 is 9.66 Å². The number of nitrogens with zero attached hydrogens (tertiary/aromatic N) is 1. The first kappa shape index (κ1) is 17.0. The molecule has 2 aromatic rings. The first-order valence-corrected chi connectivity index (χ1v) is 7.53. The maximum atomic E-state index is 11.2. The van der Waals surface area contributed by atoms with Gasteiger partial charge in [-0.05, 0) is 55.5 Å². The molecule has 0 saturated carbocycles. The lowest BCUT2D eigenvalue weighted by atomic mass is 10.2. The molecule has 0 aromatic heterocycles. The van der Waals surface area contributed by atoms with Gasteiger partial charge in [0, 0.05) is 10.7 Å². The molecule has 0 aliphatic rings. The number of ether oxygens (including phenoxy) is 1. The number of hydrogen-bond donors (Lipinski definition) is 2. The summed E-state index contributed by atoms with van der Waals surface area (Å²) < 4.78 is 5.27. The fraction of sp³-hybridized carbons (Fsp3) is 0.133. The van der Waals surface area contributed by atoms with Crippen LogP contribution in [-0.2, 0) is 0 Å². The van der Waals surface area contributed by atoms with Gasteiger partial charge in [0.15, 0.2) is 5.11 Å². The number of benzene rings is 2. The van der Waals surface area contributed by atoms with E-state index in [1.807, 2.05) is 6.92 Å². The van der Waals surface area contributed by atoms with Gasteiger partial charge in [-0.1, -0.05) is 11.6 Å². The van der Waals surface area contributed by atoms with E-state index in [0.29, 0.717) is 17.4 Å². The van der Waals surface area contributed by atoms with Gasteiger partial charge >= 0.3 is 0 Å². The van der Waals surface area contributed by atoms with E-state index in [-0.39, 0.29) is 16.5 Å². The van der Waals surface area contributed by atoms with Gasteiger partial charge in [-0.2, -0.15) is 0 Å². The summed E-state index contributed by atoms with van der Waals surface area (Å²) in [7, 11) is 0. The summed E-state index contributed by atoms with van der Waals surface area (Å²) in [6.45, 7) is 2.24. The minimum atomic E-state index is -0.490. The second kappa shape index (κ2) is 7.75. The summed E-state index contributed by atoms with van der Waals surface area (Å²) in [5.74, 6) is 0.432. The second-order valence-electron chi connectivity index (χ2n) is 4.46. The number of nitrogens with one attached hydrogen (secondary N) is 2. The summed E-state index contributed by atoms with van der Waals surface area (Å²) in [4.78, 5) is 10.7. The Morgan fingerprint density at radius 1 is 1.26 bits per heavy atom. The average molecular weight is 352 g/mol. The van der Waals surface area contributed by atoms with E-state index in [9.17, 15) is 10.1 Å². The highest BCUT2D eigenvalue weighted by Gasteiger charge is 2.16. The van der Waals surface area contributed by atoms with E-state index >= 15 is 0 Å². The van der Waals surface area contributed by atoms with Crippen LogP contribution < -0.4 is 15.4 Å². The Balaban J connectivity index is 2.13. The molecular weight excluding hydrogens is 338 g/mol.